The number of fused-ring (bicyclic) bond motifs is 2. The number of pyridine rings is 2. The number of thiophene rings is 1. The van der Waals surface area contributed by atoms with Gasteiger partial charge in [-0.3, -0.25) is 14.3 Å². The first kappa shape index (κ1) is 29.9. The van der Waals surface area contributed by atoms with Crippen LogP contribution in [0.2, 0.25) is 5.02 Å². The molecule has 0 aliphatic rings. The minimum absolute atomic E-state index is 0.111. The minimum atomic E-state index is -1.04. The van der Waals surface area contributed by atoms with Gasteiger partial charge in [0.1, 0.15) is 29.8 Å². The maximum absolute atomic E-state index is 13.9. The van der Waals surface area contributed by atoms with Gasteiger partial charge in [0.15, 0.2) is 0 Å². The topological polar surface area (TPSA) is 131 Å². The van der Waals surface area contributed by atoms with E-state index in [4.69, 9.17) is 16.3 Å². The van der Waals surface area contributed by atoms with Gasteiger partial charge in [-0.1, -0.05) is 48.9 Å². The molecule has 1 N–H and O–H groups in total. The van der Waals surface area contributed by atoms with Crippen molar-refractivity contribution < 1.29 is 14.6 Å². The number of nitriles is 1. The molecule has 0 unspecified atom stereocenters. The van der Waals surface area contributed by atoms with Gasteiger partial charge in [-0.15, -0.1) is 11.3 Å². The van der Waals surface area contributed by atoms with E-state index < -0.39 is 5.97 Å². The number of carboxylic acids is 1. The lowest BCUT2D eigenvalue weighted by Crippen LogP contribution is -2.27. The predicted molar refractivity (Wildman–Crippen MR) is 175 cm³/mol. The quantitative estimate of drug-likeness (QED) is 0.185. The smallest absolute Gasteiger partial charge is 0.338 e. The largest absolute Gasteiger partial charge is 0.491 e. The van der Waals surface area contributed by atoms with Crippen LogP contribution >= 0.6 is 22.9 Å². The Bertz CT molecular complexity index is 2240. The summed E-state index contributed by atoms with van der Waals surface area (Å²) in [5.74, 6) is -0.0542. The summed E-state index contributed by atoms with van der Waals surface area (Å²) in [6, 6.07) is 18.7. The molecule has 0 aliphatic heterocycles. The molecule has 4 aromatic heterocycles. The molecule has 224 valence electrons. The molecule has 11 heteroatoms. The third-order valence-electron chi connectivity index (χ3n) is 7.60. The summed E-state index contributed by atoms with van der Waals surface area (Å²) in [4.78, 5) is 39.7. The second kappa shape index (κ2) is 12.1. The SMILES string of the molecule is CCc1cc(-c2cc(Cl)ccc2OCCn2c(C)nc3c(C)nc(-c4ccccc4)c(C#N)c3c2=O)c2scc(C(=O)O)c2n1. The van der Waals surface area contributed by atoms with Gasteiger partial charge in [0.05, 0.1) is 44.7 Å². The van der Waals surface area contributed by atoms with E-state index in [1.807, 2.05) is 43.3 Å². The normalized spacial score (nSPS) is 11.2. The van der Waals surface area contributed by atoms with Crippen molar-refractivity contribution in [1.82, 2.24) is 19.5 Å². The molecule has 0 saturated carbocycles. The Morgan fingerprint density at radius 3 is 2.56 bits per heavy atom. The maximum Gasteiger partial charge on any atom is 0.338 e. The molecule has 6 rings (SSSR count). The Labute approximate surface area is 267 Å². The van der Waals surface area contributed by atoms with Crippen LogP contribution in [0.3, 0.4) is 0 Å². The van der Waals surface area contributed by atoms with E-state index in [9.17, 15) is 20.0 Å². The highest BCUT2D eigenvalue weighted by Crippen LogP contribution is 2.40. The first-order valence-electron chi connectivity index (χ1n) is 14.2. The lowest BCUT2D eigenvalue weighted by molar-refractivity contribution is 0.0699. The molecule has 0 spiro atoms. The van der Waals surface area contributed by atoms with Crippen LogP contribution in [-0.2, 0) is 13.0 Å². The van der Waals surface area contributed by atoms with Crippen molar-refractivity contribution in [2.75, 3.05) is 6.61 Å². The van der Waals surface area contributed by atoms with E-state index in [-0.39, 0.29) is 35.2 Å². The second-order valence-electron chi connectivity index (χ2n) is 10.4. The highest BCUT2D eigenvalue weighted by Gasteiger charge is 2.22. The fraction of sp³-hybridized carbons (Fsp3) is 0.176. The minimum Gasteiger partial charge on any atom is -0.491 e. The van der Waals surface area contributed by atoms with E-state index in [2.05, 4.69) is 21.0 Å². The molecule has 4 heterocycles. The summed E-state index contributed by atoms with van der Waals surface area (Å²) in [5, 5.41) is 22.2. The van der Waals surface area contributed by atoms with E-state index in [1.54, 1.807) is 37.4 Å². The zero-order valence-electron chi connectivity index (χ0n) is 24.6. The zero-order valence-corrected chi connectivity index (χ0v) is 26.2. The molecule has 9 nitrogen and oxygen atoms in total. The van der Waals surface area contributed by atoms with Gasteiger partial charge in [0, 0.05) is 32.8 Å². The third-order valence-corrected chi connectivity index (χ3v) is 8.84. The molecule has 0 amide bonds. The average molecular weight is 636 g/mol. The molecular weight excluding hydrogens is 610 g/mol. The fourth-order valence-electron chi connectivity index (χ4n) is 5.40. The number of aromatic nitrogens is 4. The van der Waals surface area contributed by atoms with E-state index in [0.717, 1.165) is 16.8 Å². The van der Waals surface area contributed by atoms with Crippen LogP contribution < -0.4 is 10.3 Å². The molecule has 0 saturated heterocycles. The number of hydrogen-bond acceptors (Lipinski definition) is 8. The van der Waals surface area contributed by atoms with Crippen molar-refractivity contribution in [2.45, 2.75) is 33.7 Å². The number of carbonyl (C=O) groups is 1. The summed E-state index contributed by atoms with van der Waals surface area (Å²) in [6.45, 7) is 5.75. The number of carboxylic acid groups (broad SMARTS) is 1. The molecule has 2 aromatic carbocycles. The van der Waals surface area contributed by atoms with Crippen LogP contribution in [0.4, 0.5) is 0 Å². The van der Waals surface area contributed by atoms with E-state index in [1.165, 1.54) is 15.9 Å². The van der Waals surface area contributed by atoms with Gasteiger partial charge >= 0.3 is 5.97 Å². The monoisotopic (exact) mass is 635 g/mol. The molecule has 0 radical (unpaired) electrons. The Kier molecular flexibility index (Phi) is 8.06. The molecule has 0 aliphatic carbocycles. The predicted octanol–water partition coefficient (Wildman–Crippen LogP) is 7.22. The lowest BCUT2D eigenvalue weighted by Gasteiger charge is -2.16. The first-order chi connectivity index (χ1) is 21.7. The number of halogens is 1. The van der Waals surface area contributed by atoms with Crippen LogP contribution in [-0.4, -0.2) is 37.2 Å². The van der Waals surface area contributed by atoms with Gasteiger partial charge < -0.3 is 9.84 Å². The highest BCUT2D eigenvalue weighted by atomic mass is 35.5. The van der Waals surface area contributed by atoms with Crippen LogP contribution in [0.25, 0.3) is 43.5 Å². The Hall–Kier alpha value is -5.11. The van der Waals surface area contributed by atoms with E-state index in [0.29, 0.717) is 55.7 Å². The Morgan fingerprint density at radius 1 is 1.07 bits per heavy atom. The van der Waals surface area contributed by atoms with Crippen LogP contribution in [0.1, 0.15) is 40.1 Å². The van der Waals surface area contributed by atoms with Gasteiger partial charge in [0.25, 0.3) is 5.56 Å². The number of aryl methyl sites for hydroxylation is 3. The lowest BCUT2D eigenvalue weighted by atomic mass is 10.0. The molecule has 0 bridgehead atoms. The summed E-state index contributed by atoms with van der Waals surface area (Å²) in [5.41, 5.74) is 4.73. The van der Waals surface area contributed by atoms with Crippen molar-refractivity contribution >= 4 is 50.0 Å². The van der Waals surface area contributed by atoms with Crippen LogP contribution in [0.15, 0.2) is 64.8 Å². The van der Waals surface area contributed by atoms with Gasteiger partial charge in [-0.2, -0.15) is 5.26 Å². The Morgan fingerprint density at radius 2 is 1.84 bits per heavy atom. The number of hydrogen-bond donors (Lipinski definition) is 1. The van der Waals surface area contributed by atoms with Crippen molar-refractivity contribution in [3.8, 4) is 34.2 Å². The van der Waals surface area contributed by atoms with Gasteiger partial charge in [0.2, 0.25) is 0 Å². The average Bonchev–Trinajstić information content (AvgIpc) is 3.48. The molecule has 6 aromatic rings. The highest BCUT2D eigenvalue weighted by molar-refractivity contribution is 7.18. The van der Waals surface area contributed by atoms with E-state index >= 15 is 0 Å². The number of nitrogens with zero attached hydrogens (tertiary/aromatic N) is 5. The fourth-order valence-corrected chi connectivity index (χ4v) is 6.58. The molecule has 45 heavy (non-hydrogen) atoms. The number of rotatable bonds is 8. The first-order valence-corrected chi connectivity index (χ1v) is 15.4. The Balaban J connectivity index is 1.39. The van der Waals surface area contributed by atoms with Crippen LogP contribution in [0, 0.1) is 25.2 Å². The summed E-state index contributed by atoms with van der Waals surface area (Å²) < 4.78 is 8.48. The summed E-state index contributed by atoms with van der Waals surface area (Å²) >= 11 is 7.73. The number of ether oxygens (including phenoxy) is 1. The molecular formula is C34H26ClN5O4S. The van der Waals surface area contributed by atoms with Gasteiger partial charge in [-0.25, -0.2) is 14.8 Å². The zero-order chi connectivity index (χ0) is 31.8. The van der Waals surface area contributed by atoms with Crippen molar-refractivity contribution in [2.24, 2.45) is 0 Å². The number of benzene rings is 2. The van der Waals surface area contributed by atoms with Crippen LogP contribution in [0.5, 0.6) is 5.75 Å². The summed E-state index contributed by atoms with van der Waals surface area (Å²) in [6.07, 6.45) is 0.609. The number of aromatic carboxylic acids is 1. The maximum atomic E-state index is 13.9. The van der Waals surface area contributed by atoms with Gasteiger partial charge in [-0.05, 0) is 44.5 Å². The standard InChI is InChI=1S/C34H26ClN5O4S/c1-4-22-15-24(32-31(39-22)26(17-45-32)34(42)43)23-14-21(35)10-11-27(23)44-13-12-40-19(3)38-29-18(2)37-30(20-8-6-5-7-9-20)25(16-36)28(29)33(40)41/h5-11,14-15,17H,4,12-13H2,1-3H3,(H,42,43). The molecule has 0 fully saturated rings. The van der Waals surface area contributed by atoms with Crippen molar-refractivity contribution in [1.29, 1.82) is 5.26 Å². The third kappa shape index (κ3) is 5.41. The second-order valence-corrected chi connectivity index (χ2v) is 11.7. The molecule has 0 atom stereocenters. The van der Waals surface area contributed by atoms with Crippen molar-refractivity contribution in [3.05, 3.63) is 104 Å². The summed E-state index contributed by atoms with van der Waals surface area (Å²) in [7, 11) is 0. The van der Waals surface area contributed by atoms with Crippen molar-refractivity contribution in [3.63, 3.8) is 0 Å².